The van der Waals surface area contributed by atoms with Crippen molar-refractivity contribution in [3.05, 3.63) is 63.0 Å². The molecule has 1 fully saturated rings. The topological polar surface area (TPSA) is 50.7 Å². The highest BCUT2D eigenvalue weighted by Gasteiger charge is 2.24. The second-order valence-electron chi connectivity index (χ2n) is 4.84. The van der Waals surface area contributed by atoms with Gasteiger partial charge in [-0.1, -0.05) is 23.2 Å². The molecular weight excluding hydrogens is 367 g/mol. The van der Waals surface area contributed by atoms with Gasteiger partial charge >= 0.3 is 0 Å². The fraction of sp³-hybridized carbons (Fsp3) is 0.0588. The Morgan fingerprint density at radius 3 is 2.54 bits per heavy atom. The maximum atomic E-state index is 12.1. The molecular formula is C17H12Cl2N2O2S. The van der Waals surface area contributed by atoms with Gasteiger partial charge in [-0.3, -0.25) is 4.79 Å². The van der Waals surface area contributed by atoms with Gasteiger partial charge in [0, 0.05) is 15.6 Å². The standard InChI is InChI=1S/C17H12Cl2N2O2S/c1-23-14-7-4-12(19)8-10(14)9-15-16(22)21-17(24-15)20-13-5-2-11(18)3-6-13/h2-9H,1H3,(H,20,21,22). The number of amidine groups is 1. The predicted molar refractivity (Wildman–Crippen MR) is 100 cm³/mol. The highest BCUT2D eigenvalue weighted by molar-refractivity contribution is 8.18. The van der Waals surface area contributed by atoms with E-state index in [0.29, 0.717) is 31.6 Å². The Hall–Kier alpha value is -1.95. The molecule has 2 aromatic carbocycles. The lowest BCUT2D eigenvalue weighted by Gasteiger charge is -2.05. The van der Waals surface area contributed by atoms with Crippen molar-refractivity contribution in [3.8, 4) is 5.75 Å². The summed E-state index contributed by atoms with van der Waals surface area (Å²) in [5.41, 5.74) is 1.44. The molecule has 0 bridgehead atoms. The first-order valence-corrected chi connectivity index (χ1v) is 8.51. The van der Waals surface area contributed by atoms with Crippen molar-refractivity contribution in [1.29, 1.82) is 0 Å². The van der Waals surface area contributed by atoms with E-state index in [1.54, 1.807) is 55.7 Å². The molecule has 24 heavy (non-hydrogen) atoms. The Kier molecular flexibility index (Phi) is 5.14. The molecule has 1 aliphatic rings. The second kappa shape index (κ2) is 7.30. The minimum Gasteiger partial charge on any atom is -0.496 e. The quantitative estimate of drug-likeness (QED) is 0.773. The summed E-state index contributed by atoms with van der Waals surface area (Å²) >= 11 is 13.1. The van der Waals surface area contributed by atoms with Gasteiger partial charge in [-0.25, -0.2) is 4.99 Å². The van der Waals surface area contributed by atoms with E-state index < -0.39 is 0 Å². The number of ether oxygens (including phenoxy) is 1. The second-order valence-corrected chi connectivity index (χ2v) is 6.75. The van der Waals surface area contributed by atoms with Gasteiger partial charge in [0.25, 0.3) is 5.91 Å². The number of carbonyl (C=O) groups is 1. The average Bonchev–Trinajstić information content (AvgIpc) is 2.89. The van der Waals surface area contributed by atoms with Crippen molar-refractivity contribution >= 4 is 57.8 Å². The Morgan fingerprint density at radius 2 is 1.83 bits per heavy atom. The lowest BCUT2D eigenvalue weighted by atomic mass is 10.2. The number of thioether (sulfide) groups is 1. The number of rotatable bonds is 3. The van der Waals surface area contributed by atoms with Crippen LogP contribution in [-0.4, -0.2) is 18.2 Å². The number of aliphatic imine (C=N–C) groups is 1. The molecule has 2 aromatic rings. The molecule has 1 amide bonds. The molecule has 0 spiro atoms. The third kappa shape index (κ3) is 3.93. The Balaban J connectivity index is 1.87. The van der Waals surface area contributed by atoms with E-state index in [1.807, 2.05) is 0 Å². The van der Waals surface area contributed by atoms with Crippen molar-refractivity contribution in [2.45, 2.75) is 0 Å². The van der Waals surface area contributed by atoms with Crippen molar-refractivity contribution in [2.24, 2.45) is 4.99 Å². The van der Waals surface area contributed by atoms with E-state index in [4.69, 9.17) is 27.9 Å². The summed E-state index contributed by atoms with van der Waals surface area (Å²) in [5.74, 6) is 0.429. The molecule has 0 saturated carbocycles. The maximum Gasteiger partial charge on any atom is 0.264 e. The predicted octanol–water partition coefficient (Wildman–Crippen LogP) is 4.89. The summed E-state index contributed by atoms with van der Waals surface area (Å²) < 4.78 is 5.29. The molecule has 0 aliphatic carbocycles. The van der Waals surface area contributed by atoms with Gasteiger partial charge in [-0.2, -0.15) is 0 Å². The van der Waals surface area contributed by atoms with E-state index in [-0.39, 0.29) is 5.91 Å². The Labute approximate surface area is 153 Å². The van der Waals surface area contributed by atoms with Crippen LogP contribution in [0.15, 0.2) is 52.4 Å². The van der Waals surface area contributed by atoms with Crippen LogP contribution in [0.5, 0.6) is 5.75 Å². The molecule has 7 heteroatoms. The van der Waals surface area contributed by atoms with Gasteiger partial charge < -0.3 is 10.1 Å². The van der Waals surface area contributed by atoms with Crippen molar-refractivity contribution < 1.29 is 9.53 Å². The molecule has 1 saturated heterocycles. The summed E-state index contributed by atoms with van der Waals surface area (Å²) in [4.78, 5) is 17.1. The van der Waals surface area contributed by atoms with Crippen LogP contribution in [0.2, 0.25) is 10.0 Å². The summed E-state index contributed by atoms with van der Waals surface area (Å²) in [5, 5.41) is 4.45. The van der Waals surface area contributed by atoms with E-state index in [2.05, 4.69) is 10.3 Å². The lowest BCUT2D eigenvalue weighted by Crippen LogP contribution is -2.19. The van der Waals surface area contributed by atoms with E-state index in [9.17, 15) is 4.79 Å². The number of nitrogens with zero attached hydrogens (tertiary/aromatic N) is 1. The smallest absolute Gasteiger partial charge is 0.264 e. The summed E-state index contributed by atoms with van der Waals surface area (Å²) in [6.07, 6.45) is 1.73. The molecule has 0 aromatic heterocycles. The number of hydrogen-bond donors (Lipinski definition) is 1. The maximum absolute atomic E-state index is 12.1. The van der Waals surface area contributed by atoms with Crippen LogP contribution >= 0.6 is 35.0 Å². The Morgan fingerprint density at radius 1 is 1.12 bits per heavy atom. The molecule has 0 radical (unpaired) electrons. The van der Waals surface area contributed by atoms with E-state index >= 15 is 0 Å². The minimum atomic E-state index is -0.213. The van der Waals surface area contributed by atoms with Crippen LogP contribution in [0.3, 0.4) is 0 Å². The van der Waals surface area contributed by atoms with Crippen LogP contribution < -0.4 is 10.1 Å². The first kappa shape index (κ1) is 16.9. The molecule has 0 unspecified atom stereocenters. The van der Waals surface area contributed by atoms with E-state index in [0.717, 1.165) is 5.56 Å². The van der Waals surface area contributed by atoms with Crippen molar-refractivity contribution in [3.63, 3.8) is 0 Å². The number of methoxy groups -OCH3 is 1. The molecule has 0 atom stereocenters. The molecule has 1 aliphatic heterocycles. The van der Waals surface area contributed by atoms with Gasteiger partial charge in [-0.05, 0) is 60.3 Å². The minimum absolute atomic E-state index is 0.213. The van der Waals surface area contributed by atoms with E-state index in [1.165, 1.54) is 11.8 Å². The zero-order chi connectivity index (χ0) is 17.1. The molecule has 122 valence electrons. The van der Waals surface area contributed by atoms with Gasteiger partial charge in [-0.15, -0.1) is 0 Å². The number of nitrogens with one attached hydrogen (secondary N) is 1. The van der Waals surface area contributed by atoms with Crippen LogP contribution in [0.4, 0.5) is 5.69 Å². The van der Waals surface area contributed by atoms with Crippen LogP contribution in [0.25, 0.3) is 6.08 Å². The van der Waals surface area contributed by atoms with Gasteiger partial charge in [0.15, 0.2) is 5.17 Å². The number of halogens is 2. The zero-order valence-corrected chi connectivity index (χ0v) is 14.9. The molecule has 3 rings (SSSR count). The zero-order valence-electron chi connectivity index (χ0n) is 12.5. The normalized spacial score (nSPS) is 17.4. The molecule has 1 N–H and O–H groups in total. The largest absolute Gasteiger partial charge is 0.496 e. The summed E-state index contributed by atoms with van der Waals surface area (Å²) in [6.45, 7) is 0. The average molecular weight is 379 g/mol. The van der Waals surface area contributed by atoms with Crippen LogP contribution in [0.1, 0.15) is 5.56 Å². The summed E-state index contributed by atoms with van der Waals surface area (Å²) in [6, 6.07) is 12.3. The fourth-order valence-electron chi connectivity index (χ4n) is 2.07. The number of carbonyl (C=O) groups excluding carboxylic acids is 1. The Bertz CT molecular complexity index is 848. The number of hydrogen-bond acceptors (Lipinski definition) is 4. The van der Waals surface area contributed by atoms with Crippen LogP contribution in [-0.2, 0) is 4.79 Å². The van der Waals surface area contributed by atoms with Crippen molar-refractivity contribution in [1.82, 2.24) is 5.32 Å². The van der Waals surface area contributed by atoms with Gasteiger partial charge in [0.2, 0.25) is 0 Å². The third-order valence-corrected chi connectivity index (χ3v) is 4.58. The third-order valence-electron chi connectivity index (χ3n) is 3.19. The molecule has 4 nitrogen and oxygen atoms in total. The van der Waals surface area contributed by atoms with Crippen molar-refractivity contribution in [2.75, 3.05) is 7.11 Å². The SMILES string of the molecule is COc1ccc(Cl)cc1C=C1SC(=Nc2ccc(Cl)cc2)NC1=O. The summed E-state index contributed by atoms with van der Waals surface area (Å²) in [7, 11) is 1.57. The fourth-order valence-corrected chi connectivity index (χ4v) is 3.21. The highest BCUT2D eigenvalue weighted by atomic mass is 35.5. The monoisotopic (exact) mass is 378 g/mol. The molecule has 1 heterocycles. The lowest BCUT2D eigenvalue weighted by molar-refractivity contribution is -0.115. The number of benzene rings is 2. The van der Waals surface area contributed by atoms with Gasteiger partial charge in [0.1, 0.15) is 5.75 Å². The first-order chi connectivity index (χ1) is 11.5. The van der Waals surface area contributed by atoms with Crippen LogP contribution in [0, 0.1) is 0 Å². The first-order valence-electron chi connectivity index (χ1n) is 6.94. The number of amides is 1. The highest BCUT2D eigenvalue weighted by Crippen LogP contribution is 2.31. The van der Waals surface area contributed by atoms with Gasteiger partial charge in [0.05, 0.1) is 17.7 Å².